The molecule has 2 heterocycles. The number of nitrogens with one attached hydrogen (secondary N) is 1. The maximum atomic E-state index is 5.71. The Balaban J connectivity index is 1.65. The molecular formula is C15H18N4O2. The van der Waals surface area contributed by atoms with E-state index in [-0.39, 0.29) is 0 Å². The van der Waals surface area contributed by atoms with Crippen LogP contribution in [0.5, 0.6) is 17.2 Å². The third kappa shape index (κ3) is 3.41. The molecule has 1 N–H and O–H groups in total. The summed E-state index contributed by atoms with van der Waals surface area (Å²) in [4.78, 5) is 10.9. The van der Waals surface area contributed by atoms with Gasteiger partial charge in [-0.1, -0.05) is 0 Å². The van der Waals surface area contributed by atoms with Gasteiger partial charge in [0.1, 0.15) is 11.5 Å². The fourth-order valence-electron chi connectivity index (χ4n) is 2.17. The van der Waals surface area contributed by atoms with Crippen molar-refractivity contribution in [3.05, 3.63) is 36.7 Å². The first kappa shape index (κ1) is 13.6. The zero-order chi connectivity index (χ0) is 14.5. The van der Waals surface area contributed by atoms with Gasteiger partial charge in [0.25, 0.3) is 0 Å². The number of piperazine rings is 1. The second-order valence-corrected chi connectivity index (χ2v) is 4.73. The molecule has 1 aromatic carbocycles. The molecule has 1 aromatic heterocycles. The van der Waals surface area contributed by atoms with Crippen LogP contribution < -0.4 is 19.7 Å². The van der Waals surface area contributed by atoms with Crippen LogP contribution >= 0.6 is 0 Å². The SMILES string of the molecule is COc1ccc(Oc2cnc(N3CCNCC3)nc2)cc1. The van der Waals surface area contributed by atoms with E-state index >= 15 is 0 Å². The largest absolute Gasteiger partial charge is 0.497 e. The molecule has 0 spiro atoms. The smallest absolute Gasteiger partial charge is 0.225 e. The zero-order valence-electron chi connectivity index (χ0n) is 12.0. The lowest BCUT2D eigenvalue weighted by atomic mass is 10.3. The van der Waals surface area contributed by atoms with Crippen LogP contribution in [0.25, 0.3) is 0 Å². The van der Waals surface area contributed by atoms with Gasteiger partial charge >= 0.3 is 0 Å². The fraction of sp³-hybridized carbons (Fsp3) is 0.333. The average Bonchev–Trinajstić information content (AvgIpc) is 2.57. The highest BCUT2D eigenvalue weighted by atomic mass is 16.5. The number of hydrogen-bond donors (Lipinski definition) is 1. The summed E-state index contributed by atoms with van der Waals surface area (Å²) in [5.74, 6) is 2.90. The molecule has 0 unspecified atom stereocenters. The number of hydrogen-bond acceptors (Lipinski definition) is 6. The van der Waals surface area contributed by atoms with Gasteiger partial charge in [0.15, 0.2) is 5.75 Å². The first-order chi connectivity index (χ1) is 10.3. The maximum Gasteiger partial charge on any atom is 0.225 e. The Hall–Kier alpha value is -2.34. The van der Waals surface area contributed by atoms with E-state index in [1.165, 1.54) is 0 Å². The second kappa shape index (κ2) is 6.41. The van der Waals surface area contributed by atoms with Gasteiger partial charge in [-0.15, -0.1) is 0 Å². The molecule has 0 atom stereocenters. The summed E-state index contributed by atoms with van der Waals surface area (Å²) in [6.45, 7) is 3.79. The molecule has 6 heteroatoms. The van der Waals surface area contributed by atoms with Gasteiger partial charge in [-0.25, -0.2) is 9.97 Å². The Morgan fingerprint density at radius 1 is 0.952 bits per heavy atom. The molecule has 1 aliphatic heterocycles. The van der Waals surface area contributed by atoms with Crippen LogP contribution in [0.1, 0.15) is 0 Å². The van der Waals surface area contributed by atoms with Crippen LogP contribution in [0.2, 0.25) is 0 Å². The molecule has 1 fully saturated rings. The third-order valence-corrected chi connectivity index (χ3v) is 3.31. The Labute approximate surface area is 123 Å². The highest BCUT2D eigenvalue weighted by Gasteiger charge is 2.12. The van der Waals surface area contributed by atoms with Crippen molar-refractivity contribution in [1.29, 1.82) is 0 Å². The van der Waals surface area contributed by atoms with Crippen LogP contribution in [0.15, 0.2) is 36.7 Å². The van der Waals surface area contributed by atoms with Crippen LogP contribution in [-0.2, 0) is 0 Å². The van der Waals surface area contributed by atoms with Gasteiger partial charge in [0.2, 0.25) is 5.95 Å². The van der Waals surface area contributed by atoms with Crippen molar-refractivity contribution < 1.29 is 9.47 Å². The average molecular weight is 286 g/mol. The lowest BCUT2D eigenvalue weighted by Gasteiger charge is -2.27. The van der Waals surface area contributed by atoms with E-state index in [1.54, 1.807) is 19.5 Å². The predicted octanol–water partition coefficient (Wildman–Crippen LogP) is 1.69. The van der Waals surface area contributed by atoms with Crippen LogP contribution in [0.3, 0.4) is 0 Å². The molecule has 3 rings (SSSR count). The first-order valence-corrected chi connectivity index (χ1v) is 6.95. The van der Waals surface area contributed by atoms with Crippen molar-refractivity contribution >= 4 is 5.95 Å². The van der Waals surface area contributed by atoms with Crippen LogP contribution in [0.4, 0.5) is 5.95 Å². The maximum absolute atomic E-state index is 5.71. The predicted molar refractivity (Wildman–Crippen MR) is 80.2 cm³/mol. The minimum atomic E-state index is 0.624. The fourth-order valence-corrected chi connectivity index (χ4v) is 2.17. The van der Waals surface area contributed by atoms with Gasteiger partial charge < -0.3 is 19.7 Å². The zero-order valence-corrected chi connectivity index (χ0v) is 12.0. The highest BCUT2D eigenvalue weighted by molar-refractivity contribution is 5.36. The Morgan fingerprint density at radius 3 is 2.19 bits per heavy atom. The molecule has 110 valence electrons. The molecule has 6 nitrogen and oxygen atoms in total. The van der Waals surface area contributed by atoms with Gasteiger partial charge in [-0.3, -0.25) is 0 Å². The molecule has 1 aliphatic rings. The Kier molecular flexibility index (Phi) is 4.16. The standard InChI is InChI=1S/C15H18N4O2/c1-20-12-2-4-13(5-3-12)21-14-10-17-15(18-11-14)19-8-6-16-7-9-19/h2-5,10-11,16H,6-9H2,1H3. The third-order valence-electron chi connectivity index (χ3n) is 3.31. The molecule has 0 aliphatic carbocycles. The summed E-state index contributed by atoms with van der Waals surface area (Å²) in [6, 6.07) is 7.41. The van der Waals surface area contributed by atoms with Crippen molar-refractivity contribution in [1.82, 2.24) is 15.3 Å². The number of rotatable bonds is 4. The number of ether oxygens (including phenoxy) is 2. The molecule has 0 amide bonds. The normalized spacial score (nSPS) is 14.8. The Morgan fingerprint density at radius 2 is 1.57 bits per heavy atom. The second-order valence-electron chi connectivity index (χ2n) is 4.73. The van der Waals surface area contributed by atoms with Crippen molar-refractivity contribution in [2.24, 2.45) is 0 Å². The minimum Gasteiger partial charge on any atom is -0.497 e. The molecule has 1 saturated heterocycles. The van der Waals surface area contributed by atoms with E-state index < -0.39 is 0 Å². The van der Waals surface area contributed by atoms with Gasteiger partial charge in [-0.05, 0) is 24.3 Å². The number of anilines is 1. The summed E-state index contributed by atoms with van der Waals surface area (Å²) >= 11 is 0. The van der Waals surface area contributed by atoms with E-state index in [1.807, 2.05) is 24.3 Å². The van der Waals surface area contributed by atoms with Gasteiger partial charge in [-0.2, -0.15) is 0 Å². The number of aromatic nitrogens is 2. The van der Waals surface area contributed by atoms with E-state index in [4.69, 9.17) is 9.47 Å². The van der Waals surface area contributed by atoms with E-state index in [9.17, 15) is 0 Å². The number of nitrogens with zero attached hydrogens (tertiary/aromatic N) is 3. The topological polar surface area (TPSA) is 59.5 Å². The molecule has 0 bridgehead atoms. The molecule has 21 heavy (non-hydrogen) atoms. The molecule has 0 saturated carbocycles. The number of methoxy groups -OCH3 is 1. The van der Waals surface area contributed by atoms with E-state index in [0.717, 1.165) is 43.6 Å². The minimum absolute atomic E-state index is 0.624. The number of benzene rings is 1. The lowest BCUT2D eigenvalue weighted by molar-refractivity contribution is 0.412. The van der Waals surface area contributed by atoms with Crippen molar-refractivity contribution in [2.45, 2.75) is 0 Å². The monoisotopic (exact) mass is 286 g/mol. The molecular weight excluding hydrogens is 268 g/mol. The van der Waals surface area contributed by atoms with E-state index in [2.05, 4.69) is 20.2 Å². The van der Waals surface area contributed by atoms with Gasteiger partial charge in [0.05, 0.1) is 19.5 Å². The quantitative estimate of drug-likeness (QED) is 0.923. The summed E-state index contributed by atoms with van der Waals surface area (Å²) in [7, 11) is 1.64. The lowest BCUT2D eigenvalue weighted by Crippen LogP contribution is -2.44. The first-order valence-electron chi connectivity index (χ1n) is 6.95. The van der Waals surface area contributed by atoms with Gasteiger partial charge in [0, 0.05) is 26.2 Å². The molecule has 2 aromatic rings. The van der Waals surface area contributed by atoms with Crippen molar-refractivity contribution in [3.8, 4) is 17.2 Å². The molecule has 0 radical (unpaired) electrons. The summed E-state index contributed by atoms with van der Waals surface area (Å²) < 4.78 is 10.8. The highest BCUT2D eigenvalue weighted by Crippen LogP contribution is 2.23. The van der Waals surface area contributed by atoms with Crippen molar-refractivity contribution in [3.63, 3.8) is 0 Å². The Bertz CT molecular complexity index is 565. The van der Waals surface area contributed by atoms with Crippen LogP contribution in [-0.4, -0.2) is 43.3 Å². The summed E-state index contributed by atoms with van der Waals surface area (Å²) in [5.41, 5.74) is 0. The van der Waals surface area contributed by atoms with E-state index in [0.29, 0.717) is 5.75 Å². The summed E-state index contributed by atoms with van der Waals surface area (Å²) in [5, 5.41) is 3.31. The van der Waals surface area contributed by atoms with Crippen LogP contribution in [0, 0.1) is 0 Å². The van der Waals surface area contributed by atoms with Crippen molar-refractivity contribution in [2.75, 3.05) is 38.2 Å². The summed E-state index contributed by atoms with van der Waals surface area (Å²) in [6.07, 6.45) is 3.41.